The van der Waals surface area contributed by atoms with Crippen LogP contribution in [0.4, 0.5) is 48.3 Å². The van der Waals surface area contributed by atoms with E-state index in [0.717, 1.165) is 5.32 Å². The smallest absolute Gasteiger partial charge is 0.379 e. The second-order valence-corrected chi connectivity index (χ2v) is 6.24. The van der Waals surface area contributed by atoms with Crippen LogP contribution >= 0.6 is 0 Å². The number of amides is 1. The highest BCUT2D eigenvalue weighted by Gasteiger charge is 3.02. The van der Waals surface area contributed by atoms with Gasteiger partial charge in [0, 0.05) is 26.2 Å². The molecule has 1 aliphatic heterocycles. The summed E-state index contributed by atoms with van der Waals surface area (Å²) in [4.78, 5) is 13.0. The molecule has 0 radical (unpaired) electrons. The van der Waals surface area contributed by atoms with Crippen molar-refractivity contribution >= 4 is 5.91 Å². The number of nitrogens with zero attached hydrogens (tertiary/aromatic N) is 1. The van der Waals surface area contributed by atoms with Gasteiger partial charge in [-0.2, -0.15) is 43.9 Å². The Bertz CT molecular complexity index is 590. The Labute approximate surface area is 150 Å². The van der Waals surface area contributed by atoms with E-state index < -0.39 is 47.7 Å². The summed E-state index contributed by atoms with van der Waals surface area (Å²) in [7, 11) is 0. The lowest BCUT2D eigenvalue weighted by atomic mass is 9.71. The maximum atomic E-state index is 14.4. The Hall–Kier alpha value is -1.38. The predicted molar refractivity (Wildman–Crippen MR) is 68.8 cm³/mol. The molecule has 1 heterocycles. The third-order valence-corrected chi connectivity index (χ3v) is 4.57. The molecule has 1 N–H and O–H groups in total. The second-order valence-electron chi connectivity index (χ2n) is 6.24. The van der Waals surface area contributed by atoms with Crippen LogP contribution in [0.5, 0.6) is 0 Å². The summed E-state index contributed by atoms with van der Waals surface area (Å²) in [6, 6.07) is 0. The monoisotopic (exact) mass is 438 g/mol. The van der Waals surface area contributed by atoms with Crippen LogP contribution in [0.15, 0.2) is 0 Å². The van der Waals surface area contributed by atoms with E-state index in [2.05, 4.69) is 0 Å². The number of rotatable bonds is 4. The first-order chi connectivity index (χ1) is 12.5. The zero-order valence-electron chi connectivity index (χ0n) is 13.7. The van der Waals surface area contributed by atoms with Crippen LogP contribution in [-0.2, 0) is 9.53 Å². The Kier molecular flexibility index (Phi) is 5.37. The van der Waals surface area contributed by atoms with Crippen LogP contribution in [0.3, 0.4) is 0 Å². The molecule has 1 amide bonds. The number of hydrogen-bond donors (Lipinski definition) is 1. The molecular weight excluding hydrogens is 425 g/mol. The van der Waals surface area contributed by atoms with Crippen molar-refractivity contribution < 1.29 is 57.8 Å². The average Bonchev–Trinajstić information content (AvgIpc) is 2.59. The van der Waals surface area contributed by atoms with Gasteiger partial charge in [-0.05, 0) is 0 Å². The SMILES string of the molecule is O=C(NCCN1CCOCC1)C1(F)C(F)(F)C(F)(F)C(F)(F)C(F)(F)C1(F)F. The fourth-order valence-corrected chi connectivity index (χ4v) is 2.78. The van der Waals surface area contributed by atoms with Crippen molar-refractivity contribution in [2.45, 2.75) is 35.3 Å². The van der Waals surface area contributed by atoms with Gasteiger partial charge in [0.15, 0.2) is 0 Å². The van der Waals surface area contributed by atoms with Crippen LogP contribution in [0, 0.1) is 0 Å². The van der Waals surface area contributed by atoms with E-state index in [1.165, 1.54) is 4.90 Å². The van der Waals surface area contributed by atoms with Crippen molar-refractivity contribution in [1.29, 1.82) is 0 Å². The Morgan fingerprint density at radius 1 is 0.750 bits per heavy atom. The molecular formula is C13H13F11N2O2. The normalized spacial score (nSPS) is 29.8. The zero-order valence-corrected chi connectivity index (χ0v) is 13.7. The van der Waals surface area contributed by atoms with E-state index in [4.69, 9.17) is 4.74 Å². The summed E-state index contributed by atoms with van der Waals surface area (Å²) < 4.78 is 153. The highest BCUT2D eigenvalue weighted by atomic mass is 19.4. The molecule has 15 heteroatoms. The van der Waals surface area contributed by atoms with Gasteiger partial charge in [0.2, 0.25) is 0 Å². The molecule has 1 saturated carbocycles. The number of morpholine rings is 1. The fourth-order valence-electron chi connectivity index (χ4n) is 2.78. The minimum atomic E-state index is -7.34. The third-order valence-electron chi connectivity index (χ3n) is 4.57. The molecule has 4 nitrogen and oxygen atoms in total. The molecule has 0 unspecified atom stereocenters. The number of halogens is 11. The molecule has 0 spiro atoms. The van der Waals surface area contributed by atoms with Gasteiger partial charge in [-0.1, -0.05) is 0 Å². The van der Waals surface area contributed by atoms with Crippen molar-refractivity contribution in [1.82, 2.24) is 10.2 Å². The maximum Gasteiger partial charge on any atom is 0.384 e. The average molecular weight is 438 g/mol. The summed E-state index contributed by atoms with van der Waals surface area (Å²) in [6.07, 6.45) is 0. The van der Waals surface area contributed by atoms with E-state index in [-0.39, 0.29) is 32.8 Å². The lowest BCUT2D eigenvalue weighted by Crippen LogP contribution is -2.86. The molecule has 1 saturated heterocycles. The topological polar surface area (TPSA) is 41.6 Å². The zero-order chi connectivity index (χ0) is 21.8. The van der Waals surface area contributed by atoms with Crippen molar-refractivity contribution in [3.63, 3.8) is 0 Å². The summed E-state index contributed by atoms with van der Waals surface area (Å²) in [6.45, 7) is -0.318. The first-order valence-corrected chi connectivity index (χ1v) is 7.66. The largest absolute Gasteiger partial charge is 0.384 e. The molecule has 0 bridgehead atoms. The summed E-state index contributed by atoms with van der Waals surface area (Å²) in [5.74, 6) is -39.5. The Morgan fingerprint density at radius 3 is 1.57 bits per heavy atom. The van der Waals surface area contributed by atoms with E-state index >= 15 is 0 Å². The van der Waals surface area contributed by atoms with Crippen LogP contribution in [0.25, 0.3) is 0 Å². The predicted octanol–water partition coefficient (Wildman–Crippen LogP) is 2.33. The van der Waals surface area contributed by atoms with Crippen LogP contribution in [-0.4, -0.2) is 85.5 Å². The van der Waals surface area contributed by atoms with Crippen molar-refractivity contribution in [3.05, 3.63) is 0 Å². The number of nitrogens with one attached hydrogen (secondary N) is 1. The minimum absolute atomic E-state index is 0.199. The molecule has 0 aromatic carbocycles. The van der Waals surface area contributed by atoms with Gasteiger partial charge in [-0.3, -0.25) is 9.69 Å². The van der Waals surface area contributed by atoms with Gasteiger partial charge in [0.25, 0.3) is 5.91 Å². The van der Waals surface area contributed by atoms with Crippen molar-refractivity contribution in [2.75, 3.05) is 39.4 Å². The summed E-state index contributed by atoms with van der Waals surface area (Å²) >= 11 is 0. The van der Waals surface area contributed by atoms with Crippen molar-refractivity contribution in [3.8, 4) is 0 Å². The second kappa shape index (κ2) is 6.57. The fraction of sp³-hybridized carbons (Fsp3) is 0.923. The highest BCUT2D eigenvalue weighted by molar-refractivity contribution is 5.88. The lowest BCUT2D eigenvalue weighted by Gasteiger charge is -2.51. The number of alkyl halides is 11. The number of carbonyl (C=O) groups is 1. The molecule has 2 aliphatic rings. The first kappa shape index (κ1) is 22.9. The number of hydrogen-bond acceptors (Lipinski definition) is 3. The quantitative estimate of drug-likeness (QED) is 0.686. The van der Waals surface area contributed by atoms with Gasteiger partial charge in [-0.25, -0.2) is 4.39 Å². The molecule has 0 atom stereocenters. The molecule has 28 heavy (non-hydrogen) atoms. The Balaban J connectivity index is 2.34. The Morgan fingerprint density at radius 2 is 1.14 bits per heavy atom. The third kappa shape index (κ3) is 2.60. The minimum Gasteiger partial charge on any atom is -0.379 e. The summed E-state index contributed by atoms with van der Waals surface area (Å²) in [5.41, 5.74) is -6.64. The lowest BCUT2D eigenvalue weighted by molar-refractivity contribution is -0.476. The molecule has 1 aliphatic carbocycles. The molecule has 0 aromatic rings. The number of ether oxygens (including phenoxy) is 1. The van der Waals surface area contributed by atoms with Gasteiger partial charge >= 0.3 is 35.3 Å². The van der Waals surface area contributed by atoms with Gasteiger partial charge in [0.05, 0.1) is 13.2 Å². The van der Waals surface area contributed by atoms with Crippen LogP contribution < -0.4 is 5.32 Å². The first-order valence-electron chi connectivity index (χ1n) is 7.66. The van der Waals surface area contributed by atoms with Gasteiger partial charge in [-0.15, -0.1) is 0 Å². The van der Waals surface area contributed by atoms with Gasteiger partial charge in [0.1, 0.15) is 0 Å². The number of carbonyl (C=O) groups excluding carboxylic acids is 1. The molecule has 164 valence electrons. The van der Waals surface area contributed by atoms with Crippen LogP contribution in [0.2, 0.25) is 0 Å². The van der Waals surface area contributed by atoms with E-state index in [0.29, 0.717) is 0 Å². The standard InChI is InChI=1S/C13H13F11N2O2/c14-8(7(27)25-1-2-26-3-5-28-6-4-26)9(15,16)11(19,20)13(23,24)12(21,22)10(8,17)18/h1-6H2,(H,25,27). The van der Waals surface area contributed by atoms with E-state index in [9.17, 15) is 53.1 Å². The van der Waals surface area contributed by atoms with E-state index in [1.807, 2.05) is 0 Å². The summed E-state index contributed by atoms with van der Waals surface area (Å²) in [5, 5.41) is 1.09. The van der Waals surface area contributed by atoms with Gasteiger partial charge < -0.3 is 10.1 Å². The highest BCUT2D eigenvalue weighted by Crippen LogP contribution is 2.69. The van der Waals surface area contributed by atoms with E-state index in [1.54, 1.807) is 0 Å². The molecule has 2 rings (SSSR count). The maximum absolute atomic E-state index is 14.4. The van der Waals surface area contributed by atoms with Crippen LogP contribution in [0.1, 0.15) is 0 Å². The van der Waals surface area contributed by atoms with Crippen molar-refractivity contribution in [2.24, 2.45) is 0 Å². The molecule has 2 fully saturated rings. The molecule has 0 aromatic heterocycles.